The summed E-state index contributed by atoms with van der Waals surface area (Å²) in [6.45, 7) is 5.04. The Labute approximate surface area is 181 Å². The molecule has 0 aliphatic carbocycles. The van der Waals surface area contributed by atoms with Crippen LogP contribution in [-0.2, 0) is 22.4 Å². The largest absolute Gasteiger partial charge is 0.469 e. The zero-order valence-corrected chi connectivity index (χ0v) is 18.1. The lowest BCUT2D eigenvalue weighted by Gasteiger charge is -2.34. The SMILES string of the molecule is COC(=O)Cc1sc(N2CCN(CCc3ccccc3)CC2)nc1-c1ccccc1. The van der Waals surface area contributed by atoms with E-state index in [1.165, 1.54) is 12.7 Å². The number of piperazine rings is 1. The van der Waals surface area contributed by atoms with Gasteiger partial charge < -0.3 is 9.64 Å². The Morgan fingerprint density at radius 1 is 1.00 bits per heavy atom. The second-order valence-corrected chi connectivity index (χ2v) is 8.51. The Balaban J connectivity index is 1.42. The number of carbonyl (C=O) groups is 1. The lowest BCUT2D eigenvalue weighted by Crippen LogP contribution is -2.47. The van der Waals surface area contributed by atoms with Gasteiger partial charge in [-0.15, -0.1) is 11.3 Å². The minimum absolute atomic E-state index is 0.229. The van der Waals surface area contributed by atoms with E-state index in [1.54, 1.807) is 11.3 Å². The summed E-state index contributed by atoms with van der Waals surface area (Å²) in [5.74, 6) is -0.229. The van der Waals surface area contributed by atoms with Gasteiger partial charge >= 0.3 is 5.97 Å². The van der Waals surface area contributed by atoms with Crippen molar-refractivity contribution in [2.45, 2.75) is 12.8 Å². The van der Waals surface area contributed by atoms with Gasteiger partial charge in [0.15, 0.2) is 5.13 Å². The minimum Gasteiger partial charge on any atom is -0.469 e. The van der Waals surface area contributed by atoms with Crippen LogP contribution in [0.1, 0.15) is 10.4 Å². The first-order chi connectivity index (χ1) is 14.7. The lowest BCUT2D eigenvalue weighted by molar-refractivity contribution is -0.139. The molecule has 0 atom stereocenters. The molecular weight excluding hydrogens is 394 g/mol. The highest BCUT2D eigenvalue weighted by Crippen LogP contribution is 2.34. The van der Waals surface area contributed by atoms with Gasteiger partial charge in [0.05, 0.1) is 19.2 Å². The number of rotatable bonds is 7. The first-order valence-corrected chi connectivity index (χ1v) is 11.2. The van der Waals surface area contributed by atoms with Crippen LogP contribution >= 0.6 is 11.3 Å². The second-order valence-electron chi connectivity index (χ2n) is 7.45. The summed E-state index contributed by atoms with van der Waals surface area (Å²) >= 11 is 1.61. The Morgan fingerprint density at radius 3 is 2.33 bits per heavy atom. The van der Waals surface area contributed by atoms with Crippen LogP contribution in [0.2, 0.25) is 0 Å². The zero-order valence-electron chi connectivity index (χ0n) is 17.3. The summed E-state index contributed by atoms with van der Waals surface area (Å²) in [4.78, 5) is 22.7. The molecule has 0 bridgehead atoms. The van der Waals surface area contributed by atoms with Gasteiger partial charge in [-0.2, -0.15) is 0 Å². The molecule has 0 unspecified atom stereocenters. The van der Waals surface area contributed by atoms with Gasteiger partial charge in [-0.1, -0.05) is 60.7 Å². The van der Waals surface area contributed by atoms with E-state index < -0.39 is 0 Å². The molecule has 0 saturated carbocycles. The van der Waals surface area contributed by atoms with Gasteiger partial charge in [0, 0.05) is 43.2 Å². The van der Waals surface area contributed by atoms with Crippen molar-refractivity contribution in [3.05, 3.63) is 71.1 Å². The summed E-state index contributed by atoms with van der Waals surface area (Å²) in [5.41, 5.74) is 3.33. The van der Waals surface area contributed by atoms with E-state index in [-0.39, 0.29) is 12.4 Å². The van der Waals surface area contributed by atoms with Crippen LogP contribution in [0.5, 0.6) is 0 Å². The van der Waals surface area contributed by atoms with E-state index in [1.807, 2.05) is 30.3 Å². The van der Waals surface area contributed by atoms with Gasteiger partial charge in [0.2, 0.25) is 0 Å². The number of esters is 1. The molecule has 2 aromatic carbocycles. The molecule has 1 aromatic heterocycles. The van der Waals surface area contributed by atoms with Crippen LogP contribution in [-0.4, -0.2) is 55.7 Å². The molecule has 0 N–H and O–H groups in total. The number of aromatic nitrogens is 1. The number of anilines is 1. The predicted molar refractivity (Wildman–Crippen MR) is 122 cm³/mol. The molecule has 1 aliphatic rings. The minimum atomic E-state index is -0.229. The van der Waals surface area contributed by atoms with Crippen LogP contribution < -0.4 is 4.90 Å². The van der Waals surface area contributed by atoms with E-state index in [0.717, 1.165) is 60.4 Å². The van der Waals surface area contributed by atoms with Crippen LogP contribution in [0.25, 0.3) is 11.3 Å². The summed E-state index contributed by atoms with van der Waals surface area (Å²) in [6.07, 6.45) is 1.34. The summed E-state index contributed by atoms with van der Waals surface area (Å²) < 4.78 is 4.90. The highest BCUT2D eigenvalue weighted by Gasteiger charge is 2.23. The molecule has 0 spiro atoms. The first kappa shape index (κ1) is 20.6. The highest BCUT2D eigenvalue weighted by molar-refractivity contribution is 7.16. The maximum atomic E-state index is 11.9. The average Bonchev–Trinajstić information content (AvgIpc) is 3.23. The number of ether oxygens (including phenoxy) is 1. The van der Waals surface area contributed by atoms with Gasteiger partial charge in [0.1, 0.15) is 0 Å². The molecule has 3 aromatic rings. The highest BCUT2D eigenvalue weighted by atomic mass is 32.1. The molecule has 1 saturated heterocycles. The average molecular weight is 422 g/mol. The normalized spacial score (nSPS) is 14.6. The molecule has 4 rings (SSSR count). The third-order valence-corrected chi connectivity index (χ3v) is 6.58. The van der Waals surface area contributed by atoms with Crippen LogP contribution in [0, 0.1) is 0 Å². The van der Waals surface area contributed by atoms with Crippen molar-refractivity contribution in [1.82, 2.24) is 9.88 Å². The number of nitrogens with zero attached hydrogens (tertiary/aromatic N) is 3. The van der Waals surface area contributed by atoms with Crippen molar-refractivity contribution in [2.24, 2.45) is 0 Å². The molecular formula is C24H27N3O2S. The Kier molecular flexibility index (Phi) is 6.77. The van der Waals surface area contributed by atoms with Crippen molar-refractivity contribution in [3.8, 4) is 11.3 Å². The fourth-order valence-electron chi connectivity index (χ4n) is 3.71. The topological polar surface area (TPSA) is 45.7 Å². The number of hydrogen-bond acceptors (Lipinski definition) is 6. The molecule has 0 radical (unpaired) electrons. The molecule has 156 valence electrons. The van der Waals surface area contributed by atoms with Crippen LogP contribution in [0.15, 0.2) is 60.7 Å². The summed E-state index contributed by atoms with van der Waals surface area (Å²) in [5, 5.41) is 0.996. The lowest BCUT2D eigenvalue weighted by atomic mass is 10.1. The predicted octanol–water partition coefficient (Wildman–Crippen LogP) is 3.89. The van der Waals surface area contributed by atoms with Crippen LogP contribution in [0.3, 0.4) is 0 Å². The van der Waals surface area contributed by atoms with Gasteiger partial charge in [-0.25, -0.2) is 4.98 Å². The van der Waals surface area contributed by atoms with Crippen molar-refractivity contribution in [3.63, 3.8) is 0 Å². The van der Waals surface area contributed by atoms with Crippen molar-refractivity contribution >= 4 is 22.4 Å². The molecule has 30 heavy (non-hydrogen) atoms. The molecule has 2 heterocycles. The third kappa shape index (κ3) is 5.07. The molecule has 1 fully saturated rings. The van der Waals surface area contributed by atoms with Crippen molar-refractivity contribution < 1.29 is 9.53 Å². The second kappa shape index (κ2) is 9.87. The monoisotopic (exact) mass is 421 g/mol. The molecule has 6 heteroatoms. The fourth-order valence-corrected chi connectivity index (χ4v) is 4.83. The van der Waals surface area contributed by atoms with E-state index >= 15 is 0 Å². The van der Waals surface area contributed by atoms with E-state index in [4.69, 9.17) is 9.72 Å². The molecule has 0 amide bonds. The number of thiazole rings is 1. The maximum absolute atomic E-state index is 11.9. The number of carbonyl (C=O) groups excluding carboxylic acids is 1. The van der Waals surface area contributed by atoms with E-state index in [9.17, 15) is 4.79 Å². The number of benzene rings is 2. The molecule has 5 nitrogen and oxygen atoms in total. The summed E-state index contributed by atoms with van der Waals surface area (Å²) in [6, 6.07) is 20.7. The van der Waals surface area contributed by atoms with Crippen LogP contribution in [0.4, 0.5) is 5.13 Å². The quantitative estimate of drug-likeness (QED) is 0.542. The Bertz CT molecular complexity index is 951. The van der Waals surface area contributed by atoms with Crippen molar-refractivity contribution in [1.29, 1.82) is 0 Å². The fraction of sp³-hybridized carbons (Fsp3) is 0.333. The third-order valence-electron chi connectivity index (χ3n) is 5.47. The van der Waals surface area contributed by atoms with Gasteiger partial charge in [0.25, 0.3) is 0 Å². The Morgan fingerprint density at radius 2 is 1.67 bits per heavy atom. The first-order valence-electron chi connectivity index (χ1n) is 10.4. The molecule has 1 aliphatic heterocycles. The summed E-state index contributed by atoms with van der Waals surface area (Å²) in [7, 11) is 1.43. The van der Waals surface area contributed by atoms with E-state index in [0.29, 0.717) is 0 Å². The standard InChI is InChI=1S/C24H27N3O2S/c1-29-22(28)18-21-23(20-10-6-3-7-11-20)25-24(30-21)27-16-14-26(15-17-27)13-12-19-8-4-2-5-9-19/h2-11H,12-18H2,1H3. The van der Waals surface area contributed by atoms with E-state index in [2.05, 4.69) is 40.1 Å². The zero-order chi connectivity index (χ0) is 20.8. The number of hydrogen-bond donors (Lipinski definition) is 0. The van der Waals surface area contributed by atoms with Gasteiger partial charge in [-0.05, 0) is 12.0 Å². The van der Waals surface area contributed by atoms with Gasteiger partial charge in [-0.3, -0.25) is 9.69 Å². The Hall–Kier alpha value is -2.70. The maximum Gasteiger partial charge on any atom is 0.310 e. The number of methoxy groups -OCH3 is 1. The smallest absolute Gasteiger partial charge is 0.310 e. The van der Waals surface area contributed by atoms with Crippen molar-refractivity contribution in [2.75, 3.05) is 44.7 Å².